The number of nitrogens with zero attached hydrogens (tertiary/aromatic N) is 1. The molecule has 0 bridgehead atoms. The maximum Gasteiger partial charge on any atom is 0.0325 e. The molecule has 2 aliphatic heterocycles. The van der Waals surface area contributed by atoms with E-state index in [4.69, 9.17) is 0 Å². The second-order valence-corrected chi connectivity index (χ2v) is 4.60. The van der Waals surface area contributed by atoms with Crippen LogP contribution in [0.15, 0.2) is 0 Å². The van der Waals surface area contributed by atoms with Crippen LogP contribution in [0.2, 0.25) is 0 Å². The fourth-order valence-electron chi connectivity index (χ4n) is 2.17. The van der Waals surface area contributed by atoms with Gasteiger partial charge in [0, 0.05) is 37.8 Å². The molecule has 0 radical (unpaired) electrons. The van der Waals surface area contributed by atoms with Crippen molar-refractivity contribution in [2.24, 2.45) is 0 Å². The van der Waals surface area contributed by atoms with Crippen molar-refractivity contribution in [1.82, 2.24) is 15.5 Å². The van der Waals surface area contributed by atoms with E-state index in [-0.39, 0.29) is 0 Å². The molecular weight excluding hydrogens is 162 g/mol. The first-order chi connectivity index (χ1) is 6.25. The van der Waals surface area contributed by atoms with Gasteiger partial charge in [-0.2, -0.15) is 0 Å². The lowest BCUT2D eigenvalue weighted by atomic mass is 10.1. The second kappa shape index (κ2) is 3.95. The van der Waals surface area contributed by atoms with Crippen LogP contribution in [0.3, 0.4) is 0 Å². The average Bonchev–Trinajstić information content (AvgIpc) is 2.46. The van der Waals surface area contributed by atoms with Gasteiger partial charge in [0.2, 0.25) is 0 Å². The van der Waals surface area contributed by atoms with Crippen molar-refractivity contribution in [3.63, 3.8) is 0 Å². The third-order valence-corrected chi connectivity index (χ3v) is 3.17. The van der Waals surface area contributed by atoms with Gasteiger partial charge in [-0.1, -0.05) is 0 Å². The number of nitrogens with one attached hydrogen (secondary N) is 2. The molecule has 3 nitrogen and oxygen atoms in total. The highest BCUT2D eigenvalue weighted by Gasteiger charge is 2.30. The van der Waals surface area contributed by atoms with Gasteiger partial charge in [0.05, 0.1) is 0 Å². The molecule has 2 fully saturated rings. The SMILES string of the molecule is CC(C)N1CC(NC2CCNC2)C1. The summed E-state index contributed by atoms with van der Waals surface area (Å²) in [6.45, 7) is 9.39. The van der Waals surface area contributed by atoms with E-state index < -0.39 is 0 Å². The molecule has 2 aliphatic rings. The molecular formula is C10H21N3. The molecule has 13 heavy (non-hydrogen) atoms. The smallest absolute Gasteiger partial charge is 0.0325 e. The van der Waals surface area contributed by atoms with Crippen molar-refractivity contribution in [2.45, 2.75) is 38.4 Å². The van der Waals surface area contributed by atoms with E-state index in [1.54, 1.807) is 0 Å². The van der Waals surface area contributed by atoms with Crippen LogP contribution in [-0.2, 0) is 0 Å². The standard InChI is InChI=1S/C10H21N3/c1-8(2)13-6-10(7-13)12-9-3-4-11-5-9/h8-12H,3-7H2,1-2H3. The molecule has 0 aliphatic carbocycles. The summed E-state index contributed by atoms with van der Waals surface area (Å²) in [6.07, 6.45) is 1.30. The summed E-state index contributed by atoms with van der Waals surface area (Å²) in [5.41, 5.74) is 0. The van der Waals surface area contributed by atoms with Gasteiger partial charge >= 0.3 is 0 Å². The Kier molecular flexibility index (Phi) is 2.86. The minimum absolute atomic E-state index is 0.722. The summed E-state index contributed by atoms with van der Waals surface area (Å²) in [7, 11) is 0. The first kappa shape index (κ1) is 9.44. The van der Waals surface area contributed by atoms with Crippen molar-refractivity contribution in [1.29, 1.82) is 0 Å². The molecule has 2 saturated heterocycles. The van der Waals surface area contributed by atoms with Crippen LogP contribution in [0.5, 0.6) is 0 Å². The van der Waals surface area contributed by atoms with Crippen LogP contribution in [-0.4, -0.2) is 49.2 Å². The molecule has 2 N–H and O–H groups in total. The van der Waals surface area contributed by atoms with Crippen LogP contribution in [0.4, 0.5) is 0 Å². The predicted molar refractivity (Wildman–Crippen MR) is 54.9 cm³/mol. The van der Waals surface area contributed by atoms with E-state index in [1.807, 2.05) is 0 Å². The summed E-state index contributed by atoms with van der Waals surface area (Å²) >= 11 is 0. The first-order valence-electron chi connectivity index (χ1n) is 5.46. The number of likely N-dealkylation sites (tertiary alicyclic amines) is 1. The summed E-state index contributed by atoms with van der Waals surface area (Å²) in [5, 5.41) is 7.08. The molecule has 76 valence electrons. The summed E-state index contributed by atoms with van der Waals surface area (Å²) in [4.78, 5) is 2.51. The monoisotopic (exact) mass is 183 g/mol. The average molecular weight is 183 g/mol. The van der Waals surface area contributed by atoms with Gasteiger partial charge in [0.25, 0.3) is 0 Å². The molecule has 2 heterocycles. The van der Waals surface area contributed by atoms with Gasteiger partial charge in [-0.15, -0.1) is 0 Å². The van der Waals surface area contributed by atoms with Crippen LogP contribution in [0, 0.1) is 0 Å². The number of hydrogen-bond donors (Lipinski definition) is 2. The molecule has 0 amide bonds. The molecule has 2 rings (SSSR count). The van der Waals surface area contributed by atoms with Gasteiger partial charge < -0.3 is 10.6 Å². The Hall–Kier alpha value is -0.120. The lowest BCUT2D eigenvalue weighted by molar-refractivity contribution is 0.0865. The van der Waals surface area contributed by atoms with Crippen molar-refractivity contribution >= 4 is 0 Å². The highest BCUT2D eigenvalue weighted by atomic mass is 15.3. The van der Waals surface area contributed by atoms with Crippen LogP contribution >= 0.6 is 0 Å². The topological polar surface area (TPSA) is 27.3 Å². The molecule has 0 aromatic carbocycles. The summed E-state index contributed by atoms with van der Waals surface area (Å²) in [6, 6.07) is 2.21. The van der Waals surface area contributed by atoms with Crippen molar-refractivity contribution in [3.05, 3.63) is 0 Å². The molecule has 0 saturated carbocycles. The number of rotatable bonds is 3. The normalized spacial score (nSPS) is 31.2. The third-order valence-electron chi connectivity index (χ3n) is 3.17. The van der Waals surface area contributed by atoms with Crippen molar-refractivity contribution in [3.8, 4) is 0 Å². The molecule has 1 atom stereocenters. The maximum absolute atomic E-state index is 3.70. The van der Waals surface area contributed by atoms with Crippen molar-refractivity contribution < 1.29 is 0 Å². The Bertz CT molecular complexity index is 158. The van der Waals surface area contributed by atoms with E-state index in [1.165, 1.54) is 26.1 Å². The summed E-state index contributed by atoms with van der Waals surface area (Å²) in [5.74, 6) is 0. The molecule has 3 heteroatoms. The van der Waals surface area contributed by atoms with E-state index in [2.05, 4.69) is 29.4 Å². The van der Waals surface area contributed by atoms with E-state index in [9.17, 15) is 0 Å². The fraction of sp³-hybridized carbons (Fsp3) is 1.00. The van der Waals surface area contributed by atoms with E-state index in [0.717, 1.165) is 24.7 Å². The highest BCUT2D eigenvalue weighted by molar-refractivity contribution is 4.91. The second-order valence-electron chi connectivity index (χ2n) is 4.60. The fourth-order valence-corrected chi connectivity index (χ4v) is 2.17. The Morgan fingerprint density at radius 2 is 2.08 bits per heavy atom. The van der Waals surface area contributed by atoms with E-state index in [0.29, 0.717) is 0 Å². The Labute approximate surface area is 80.9 Å². The lowest BCUT2D eigenvalue weighted by Gasteiger charge is -2.43. The lowest BCUT2D eigenvalue weighted by Crippen LogP contribution is -2.62. The third kappa shape index (κ3) is 2.22. The van der Waals surface area contributed by atoms with Crippen LogP contribution in [0.1, 0.15) is 20.3 Å². The zero-order valence-electron chi connectivity index (χ0n) is 8.71. The van der Waals surface area contributed by atoms with Gasteiger partial charge in [0.1, 0.15) is 0 Å². The Balaban J connectivity index is 1.63. The minimum Gasteiger partial charge on any atom is -0.315 e. The number of hydrogen-bond acceptors (Lipinski definition) is 3. The minimum atomic E-state index is 0.722. The highest BCUT2D eigenvalue weighted by Crippen LogP contribution is 2.13. The Morgan fingerprint density at radius 3 is 2.62 bits per heavy atom. The van der Waals surface area contributed by atoms with Gasteiger partial charge in [-0.05, 0) is 26.8 Å². The van der Waals surface area contributed by atoms with Gasteiger partial charge in [-0.3, -0.25) is 4.90 Å². The molecule has 0 aromatic rings. The van der Waals surface area contributed by atoms with Crippen molar-refractivity contribution in [2.75, 3.05) is 26.2 Å². The van der Waals surface area contributed by atoms with E-state index >= 15 is 0 Å². The van der Waals surface area contributed by atoms with Gasteiger partial charge in [-0.25, -0.2) is 0 Å². The predicted octanol–water partition coefficient (Wildman–Crippen LogP) is 0.0305. The quantitative estimate of drug-likeness (QED) is 0.646. The molecule has 0 spiro atoms. The first-order valence-corrected chi connectivity index (χ1v) is 5.46. The zero-order valence-corrected chi connectivity index (χ0v) is 8.71. The zero-order chi connectivity index (χ0) is 9.26. The molecule has 1 unspecified atom stereocenters. The molecule has 0 aromatic heterocycles. The summed E-state index contributed by atoms with van der Waals surface area (Å²) < 4.78 is 0. The maximum atomic E-state index is 3.70. The van der Waals surface area contributed by atoms with Crippen LogP contribution < -0.4 is 10.6 Å². The Morgan fingerprint density at radius 1 is 1.31 bits per heavy atom. The van der Waals surface area contributed by atoms with Crippen LogP contribution in [0.25, 0.3) is 0 Å². The largest absolute Gasteiger partial charge is 0.315 e. The van der Waals surface area contributed by atoms with Gasteiger partial charge in [0.15, 0.2) is 0 Å².